The first-order valence-electron chi connectivity index (χ1n) is 10.4. The molecule has 0 unspecified atom stereocenters. The third-order valence-electron chi connectivity index (χ3n) is 5.71. The van der Waals surface area contributed by atoms with Gasteiger partial charge < -0.3 is 14.5 Å². The fraction of sp³-hybridized carbons (Fsp3) is 0.522. The molecule has 1 aliphatic rings. The molecular formula is C23H34N4O. The number of hydrogen-bond acceptors (Lipinski definition) is 5. The third kappa shape index (κ3) is 5.24. The van der Waals surface area contributed by atoms with Crippen molar-refractivity contribution in [2.75, 3.05) is 56.7 Å². The standard InChI is InChI=1S/C23H34N4O/c1-4-25(2)22-11-8-14-24-23(22)27(17-18-28-3)21-12-15-26(16-13-21)19-20-9-6-5-7-10-20/h5-11,14,21H,4,12-13,15-19H2,1-3H3. The Hall–Kier alpha value is -2.11. The van der Waals surface area contributed by atoms with Gasteiger partial charge in [0.2, 0.25) is 0 Å². The molecule has 2 heterocycles. The van der Waals surface area contributed by atoms with Gasteiger partial charge in [-0.2, -0.15) is 0 Å². The molecule has 0 saturated carbocycles. The number of ether oxygens (including phenoxy) is 1. The Morgan fingerprint density at radius 1 is 1.11 bits per heavy atom. The van der Waals surface area contributed by atoms with Crippen LogP contribution in [0.5, 0.6) is 0 Å². The Morgan fingerprint density at radius 3 is 2.54 bits per heavy atom. The summed E-state index contributed by atoms with van der Waals surface area (Å²) in [5.74, 6) is 1.09. The van der Waals surface area contributed by atoms with Gasteiger partial charge in [-0.05, 0) is 37.5 Å². The summed E-state index contributed by atoms with van der Waals surface area (Å²) >= 11 is 0. The first kappa shape index (κ1) is 20.6. The maximum atomic E-state index is 5.42. The second kappa shape index (κ2) is 10.4. The maximum Gasteiger partial charge on any atom is 0.152 e. The maximum absolute atomic E-state index is 5.42. The highest BCUT2D eigenvalue weighted by molar-refractivity contribution is 5.67. The number of methoxy groups -OCH3 is 1. The molecule has 0 amide bonds. The lowest BCUT2D eigenvalue weighted by Crippen LogP contribution is -2.46. The van der Waals surface area contributed by atoms with E-state index >= 15 is 0 Å². The second-order valence-electron chi connectivity index (χ2n) is 7.54. The molecule has 3 rings (SSSR count). The first-order valence-corrected chi connectivity index (χ1v) is 10.4. The number of pyridine rings is 1. The van der Waals surface area contributed by atoms with Crippen molar-refractivity contribution >= 4 is 11.5 Å². The molecule has 0 radical (unpaired) electrons. The summed E-state index contributed by atoms with van der Waals surface area (Å²) in [5.41, 5.74) is 2.60. The average molecular weight is 383 g/mol. The molecular weight excluding hydrogens is 348 g/mol. The van der Waals surface area contributed by atoms with Crippen molar-refractivity contribution in [3.05, 3.63) is 54.2 Å². The van der Waals surface area contributed by atoms with Gasteiger partial charge in [0.15, 0.2) is 5.82 Å². The van der Waals surface area contributed by atoms with Crippen LogP contribution >= 0.6 is 0 Å². The number of aromatic nitrogens is 1. The van der Waals surface area contributed by atoms with Gasteiger partial charge in [-0.25, -0.2) is 4.98 Å². The van der Waals surface area contributed by atoms with E-state index in [1.165, 1.54) is 11.3 Å². The number of anilines is 2. The van der Waals surface area contributed by atoms with Crippen molar-refractivity contribution in [2.24, 2.45) is 0 Å². The number of nitrogens with zero attached hydrogens (tertiary/aromatic N) is 4. The van der Waals surface area contributed by atoms with Crippen LogP contribution in [-0.4, -0.2) is 62.9 Å². The number of likely N-dealkylation sites (tertiary alicyclic amines) is 1. The molecule has 0 atom stereocenters. The van der Waals surface area contributed by atoms with E-state index in [4.69, 9.17) is 9.72 Å². The van der Waals surface area contributed by atoms with Crippen LogP contribution in [0, 0.1) is 0 Å². The van der Waals surface area contributed by atoms with Crippen LogP contribution < -0.4 is 9.80 Å². The van der Waals surface area contributed by atoms with Crippen LogP contribution in [0.2, 0.25) is 0 Å². The monoisotopic (exact) mass is 382 g/mol. The molecule has 5 nitrogen and oxygen atoms in total. The SMILES string of the molecule is CCN(C)c1cccnc1N(CCOC)C1CCN(Cc2ccccc2)CC1. The zero-order valence-electron chi connectivity index (χ0n) is 17.6. The highest BCUT2D eigenvalue weighted by Crippen LogP contribution is 2.30. The van der Waals surface area contributed by atoms with E-state index in [0.29, 0.717) is 6.04 Å². The Labute approximate surface area is 169 Å². The van der Waals surface area contributed by atoms with Crippen LogP contribution in [0.1, 0.15) is 25.3 Å². The molecule has 5 heteroatoms. The fourth-order valence-electron chi connectivity index (χ4n) is 3.96. The van der Waals surface area contributed by atoms with E-state index < -0.39 is 0 Å². The van der Waals surface area contributed by atoms with Crippen molar-refractivity contribution in [1.82, 2.24) is 9.88 Å². The molecule has 1 aliphatic heterocycles. The molecule has 0 bridgehead atoms. The normalized spacial score (nSPS) is 15.5. The summed E-state index contributed by atoms with van der Waals surface area (Å²) < 4.78 is 5.42. The summed E-state index contributed by atoms with van der Waals surface area (Å²) in [6.07, 6.45) is 4.22. The van der Waals surface area contributed by atoms with Crippen LogP contribution in [0.4, 0.5) is 11.5 Å². The van der Waals surface area contributed by atoms with E-state index in [0.717, 1.165) is 58.0 Å². The molecule has 28 heavy (non-hydrogen) atoms. The quantitative estimate of drug-likeness (QED) is 0.661. The molecule has 1 saturated heterocycles. The lowest BCUT2D eigenvalue weighted by atomic mass is 10.0. The molecule has 1 aromatic heterocycles. The molecule has 0 spiro atoms. The Bertz CT molecular complexity index is 701. The first-order chi connectivity index (χ1) is 13.7. The largest absolute Gasteiger partial charge is 0.383 e. The average Bonchev–Trinajstić information content (AvgIpc) is 2.75. The number of benzene rings is 1. The Kier molecular flexibility index (Phi) is 7.69. The van der Waals surface area contributed by atoms with Crippen molar-refractivity contribution in [2.45, 2.75) is 32.4 Å². The van der Waals surface area contributed by atoms with E-state index in [1.54, 1.807) is 7.11 Å². The lowest BCUT2D eigenvalue weighted by Gasteiger charge is -2.40. The molecule has 1 aromatic carbocycles. The van der Waals surface area contributed by atoms with Crippen molar-refractivity contribution in [3.63, 3.8) is 0 Å². The minimum absolute atomic E-state index is 0.501. The van der Waals surface area contributed by atoms with Crippen molar-refractivity contribution in [1.29, 1.82) is 0 Å². The van der Waals surface area contributed by atoms with E-state index in [9.17, 15) is 0 Å². The summed E-state index contributed by atoms with van der Waals surface area (Å²) in [4.78, 5) is 12.1. The molecule has 1 fully saturated rings. The Morgan fingerprint density at radius 2 is 1.86 bits per heavy atom. The van der Waals surface area contributed by atoms with Gasteiger partial charge in [-0.3, -0.25) is 4.90 Å². The number of hydrogen-bond donors (Lipinski definition) is 0. The van der Waals surface area contributed by atoms with E-state index in [1.807, 2.05) is 12.3 Å². The van der Waals surface area contributed by atoms with E-state index in [-0.39, 0.29) is 0 Å². The summed E-state index contributed by atoms with van der Waals surface area (Å²) in [6, 6.07) is 15.5. The summed E-state index contributed by atoms with van der Waals surface area (Å²) in [7, 11) is 3.91. The van der Waals surface area contributed by atoms with Gasteiger partial charge in [-0.15, -0.1) is 0 Å². The summed E-state index contributed by atoms with van der Waals surface area (Å²) in [6.45, 7) is 8.02. The van der Waals surface area contributed by atoms with Crippen molar-refractivity contribution < 1.29 is 4.74 Å². The number of piperidine rings is 1. The smallest absolute Gasteiger partial charge is 0.152 e. The van der Waals surface area contributed by atoms with Gasteiger partial charge in [0, 0.05) is 59.1 Å². The summed E-state index contributed by atoms with van der Waals surface area (Å²) in [5, 5.41) is 0. The van der Waals surface area contributed by atoms with Gasteiger partial charge in [0.1, 0.15) is 0 Å². The zero-order valence-corrected chi connectivity index (χ0v) is 17.6. The van der Waals surface area contributed by atoms with Gasteiger partial charge in [-0.1, -0.05) is 30.3 Å². The van der Waals surface area contributed by atoms with Crippen LogP contribution in [0.15, 0.2) is 48.7 Å². The predicted molar refractivity (Wildman–Crippen MR) is 117 cm³/mol. The van der Waals surface area contributed by atoms with Crippen LogP contribution in [0.3, 0.4) is 0 Å². The number of rotatable bonds is 9. The predicted octanol–water partition coefficient (Wildman–Crippen LogP) is 3.66. The molecule has 0 aliphatic carbocycles. The second-order valence-corrected chi connectivity index (χ2v) is 7.54. The lowest BCUT2D eigenvalue weighted by molar-refractivity contribution is 0.182. The topological polar surface area (TPSA) is 31.8 Å². The van der Waals surface area contributed by atoms with E-state index in [2.05, 4.69) is 65.1 Å². The van der Waals surface area contributed by atoms with Crippen LogP contribution in [0.25, 0.3) is 0 Å². The molecule has 2 aromatic rings. The zero-order chi connectivity index (χ0) is 19.8. The molecule has 0 N–H and O–H groups in total. The minimum Gasteiger partial charge on any atom is -0.383 e. The Balaban J connectivity index is 1.70. The van der Waals surface area contributed by atoms with Crippen molar-refractivity contribution in [3.8, 4) is 0 Å². The highest BCUT2D eigenvalue weighted by atomic mass is 16.5. The van der Waals surface area contributed by atoms with Crippen LogP contribution in [-0.2, 0) is 11.3 Å². The third-order valence-corrected chi connectivity index (χ3v) is 5.71. The van der Waals surface area contributed by atoms with Gasteiger partial charge in [0.05, 0.1) is 12.3 Å². The minimum atomic E-state index is 0.501. The fourth-order valence-corrected chi connectivity index (χ4v) is 3.96. The molecule has 152 valence electrons. The highest BCUT2D eigenvalue weighted by Gasteiger charge is 2.27. The van der Waals surface area contributed by atoms with Gasteiger partial charge >= 0.3 is 0 Å². The van der Waals surface area contributed by atoms with Gasteiger partial charge in [0.25, 0.3) is 0 Å².